The van der Waals surface area contributed by atoms with Crippen LogP contribution in [0.4, 0.5) is 0 Å². The van der Waals surface area contributed by atoms with E-state index in [1.54, 1.807) is 39.1 Å². The van der Waals surface area contributed by atoms with Gasteiger partial charge in [-0.25, -0.2) is 8.42 Å². The molecule has 0 aromatic carbocycles. The molecule has 1 aromatic rings. The number of piperazine rings is 1. The van der Waals surface area contributed by atoms with Crippen LogP contribution in [0.15, 0.2) is 21.7 Å². The zero-order valence-electron chi connectivity index (χ0n) is 14.5. The Morgan fingerprint density at radius 1 is 1.27 bits per heavy atom. The van der Waals surface area contributed by atoms with Gasteiger partial charge >= 0.3 is 0 Å². The standard InChI is InChI=1S/C16H21N3O4S3/c1-16-5-4-13(20)19(16)12(11-25-16)15(21)17-6-8-18(9-7-17)26(22,23)14-3-2-10-24-14/h2-3,10,12H,4-9,11H2,1H3. The lowest BCUT2D eigenvalue weighted by Gasteiger charge is -2.37. The molecule has 7 nitrogen and oxygen atoms in total. The molecule has 2 unspecified atom stereocenters. The van der Waals surface area contributed by atoms with Crippen LogP contribution in [0.3, 0.4) is 0 Å². The van der Waals surface area contributed by atoms with Crippen molar-refractivity contribution < 1.29 is 18.0 Å². The third-order valence-corrected chi connectivity index (χ3v) is 10.1. The fourth-order valence-corrected chi connectivity index (χ4v) is 7.89. The molecule has 0 bridgehead atoms. The fraction of sp³-hybridized carbons (Fsp3) is 0.625. The number of carbonyl (C=O) groups excluding carboxylic acids is 2. The van der Waals surface area contributed by atoms with E-state index in [0.29, 0.717) is 29.5 Å². The van der Waals surface area contributed by atoms with Gasteiger partial charge in [-0.15, -0.1) is 23.1 Å². The smallest absolute Gasteiger partial charge is 0.252 e. The fourth-order valence-electron chi connectivity index (χ4n) is 3.90. The number of rotatable bonds is 3. The van der Waals surface area contributed by atoms with Crippen LogP contribution < -0.4 is 0 Å². The van der Waals surface area contributed by atoms with Crippen molar-refractivity contribution >= 4 is 44.9 Å². The van der Waals surface area contributed by atoms with Gasteiger partial charge in [-0.1, -0.05) is 6.07 Å². The number of amides is 2. The van der Waals surface area contributed by atoms with Crippen LogP contribution in [0.5, 0.6) is 0 Å². The van der Waals surface area contributed by atoms with E-state index in [4.69, 9.17) is 0 Å². The largest absolute Gasteiger partial charge is 0.338 e. The van der Waals surface area contributed by atoms with Crippen LogP contribution in [-0.4, -0.2) is 77.2 Å². The maximum atomic E-state index is 13.0. The third-order valence-electron chi connectivity index (χ3n) is 5.37. The van der Waals surface area contributed by atoms with Crippen molar-refractivity contribution in [2.45, 2.75) is 34.9 Å². The van der Waals surface area contributed by atoms with Gasteiger partial charge in [0.15, 0.2) is 0 Å². The predicted octanol–water partition coefficient (Wildman–Crippen LogP) is 1.04. The van der Waals surface area contributed by atoms with Crippen LogP contribution in [0, 0.1) is 0 Å². The highest BCUT2D eigenvalue weighted by molar-refractivity contribution is 8.01. The summed E-state index contributed by atoms with van der Waals surface area (Å²) in [4.78, 5) is 28.4. The minimum Gasteiger partial charge on any atom is -0.338 e. The first-order valence-corrected chi connectivity index (χ1v) is 11.9. The second kappa shape index (κ2) is 6.50. The molecule has 0 N–H and O–H groups in total. The van der Waals surface area contributed by atoms with Crippen molar-refractivity contribution in [3.63, 3.8) is 0 Å². The van der Waals surface area contributed by atoms with E-state index in [2.05, 4.69) is 0 Å². The molecule has 0 saturated carbocycles. The van der Waals surface area contributed by atoms with Gasteiger partial charge in [-0.2, -0.15) is 4.31 Å². The maximum Gasteiger partial charge on any atom is 0.252 e. The summed E-state index contributed by atoms with van der Waals surface area (Å²) in [6, 6.07) is 2.91. The summed E-state index contributed by atoms with van der Waals surface area (Å²) in [6.07, 6.45) is 1.28. The van der Waals surface area contributed by atoms with Gasteiger partial charge in [0.1, 0.15) is 10.3 Å². The maximum absolute atomic E-state index is 13.0. The Hall–Kier alpha value is -1.10. The van der Waals surface area contributed by atoms with Crippen molar-refractivity contribution in [3.8, 4) is 0 Å². The van der Waals surface area contributed by atoms with Crippen molar-refractivity contribution in [1.29, 1.82) is 0 Å². The molecule has 4 heterocycles. The molecular formula is C16H21N3O4S3. The van der Waals surface area contributed by atoms with Crippen molar-refractivity contribution in [1.82, 2.24) is 14.1 Å². The third kappa shape index (κ3) is 2.87. The number of hydrogen-bond acceptors (Lipinski definition) is 6. The number of carbonyl (C=O) groups is 2. The topological polar surface area (TPSA) is 78.0 Å². The molecule has 4 rings (SSSR count). The van der Waals surface area contributed by atoms with Gasteiger partial charge in [0, 0.05) is 38.4 Å². The minimum atomic E-state index is -3.47. The lowest BCUT2D eigenvalue weighted by atomic mass is 10.2. The van der Waals surface area contributed by atoms with Crippen LogP contribution >= 0.6 is 23.1 Å². The van der Waals surface area contributed by atoms with Crippen molar-refractivity contribution in [2.24, 2.45) is 0 Å². The molecule has 3 saturated heterocycles. The molecule has 3 fully saturated rings. The number of thioether (sulfide) groups is 1. The SMILES string of the molecule is CC12CCC(=O)N1C(C(=O)N1CCN(S(=O)(=O)c3cccs3)CC1)CS2. The molecule has 26 heavy (non-hydrogen) atoms. The summed E-state index contributed by atoms with van der Waals surface area (Å²) >= 11 is 2.88. The van der Waals surface area contributed by atoms with Gasteiger partial charge < -0.3 is 9.80 Å². The van der Waals surface area contributed by atoms with Crippen LogP contribution in [-0.2, 0) is 19.6 Å². The number of sulfonamides is 1. The second-order valence-electron chi connectivity index (χ2n) is 6.93. The van der Waals surface area contributed by atoms with E-state index < -0.39 is 16.1 Å². The van der Waals surface area contributed by atoms with Crippen molar-refractivity contribution in [3.05, 3.63) is 17.5 Å². The highest BCUT2D eigenvalue weighted by atomic mass is 32.2. The Kier molecular flexibility index (Phi) is 4.57. The van der Waals surface area contributed by atoms with E-state index in [0.717, 1.165) is 6.42 Å². The van der Waals surface area contributed by atoms with Gasteiger partial charge in [-0.05, 0) is 24.8 Å². The monoisotopic (exact) mass is 415 g/mol. The number of hydrogen-bond donors (Lipinski definition) is 0. The van der Waals surface area contributed by atoms with Gasteiger partial charge in [0.05, 0.1) is 4.87 Å². The quantitative estimate of drug-likeness (QED) is 0.737. The summed E-state index contributed by atoms with van der Waals surface area (Å²) < 4.78 is 27.0. The lowest BCUT2D eigenvalue weighted by molar-refractivity contribution is -0.144. The van der Waals surface area contributed by atoms with E-state index >= 15 is 0 Å². The van der Waals surface area contributed by atoms with E-state index in [9.17, 15) is 18.0 Å². The number of nitrogens with zero attached hydrogens (tertiary/aromatic N) is 3. The van der Waals surface area contributed by atoms with E-state index in [-0.39, 0.29) is 29.8 Å². The normalized spacial score (nSPS) is 30.0. The molecule has 3 aliphatic heterocycles. The Morgan fingerprint density at radius 2 is 2.00 bits per heavy atom. The Morgan fingerprint density at radius 3 is 2.65 bits per heavy atom. The highest BCUT2D eigenvalue weighted by Gasteiger charge is 2.53. The molecule has 1 aromatic heterocycles. The first-order valence-electron chi connectivity index (χ1n) is 8.61. The summed E-state index contributed by atoms with van der Waals surface area (Å²) in [6.45, 7) is 3.34. The zero-order chi connectivity index (χ0) is 18.5. The van der Waals surface area contributed by atoms with Gasteiger partial charge in [0.2, 0.25) is 11.8 Å². The minimum absolute atomic E-state index is 0.0507. The van der Waals surface area contributed by atoms with Gasteiger partial charge in [0.25, 0.3) is 10.0 Å². The Labute approximate surface area is 161 Å². The molecule has 142 valence electrons. The first kappa shape index (κ1) is 18.3. The molecule has 2 amide bonds. The second-order valence-corrected chi connectivity index (χ2v) is 11.5. The number of fused-ring (bicyclic) bond motifs is 1. The predicted molar refractivity (Wildman–Crippen MR) is 100 cm³/mol. The van der Waals surface area contributed by atoms with Crippen LogP contribution in [0.25, 0.3) is 0 Å². The average molecular weight is 416 g/mol. The van der Waals surface area contributed by atoms with Gasteiger partial charge in [-0.3, -0.25) is 9.59 Å². The summed E-state index contributed by atoms with van der Waals surface area (Å²) in [5, 5.41) is 1.74. The number of thiophene rings is 1. The summed E-state index contributed by atoms with van der Waals surface area (Å²) in [5.41, 5.74) is 0. The summed E-state index contributed by atoms with van der Waals surface area (Å²) in [7, 11) is -3.47. The molecule has 0 spiro atoms. The van der Waals surface area contributed by atoms with Crippen LogP contribution in [0.2, 0.25) is 0 Å². The van der Waals surface area contributed by atoms with E-state index in [1.807, 2.05) is 6.92 Å². The summed E-state index contributed by atoms with van der Waals surface area (Å²) in [5.74, 6) is 0.619. The molecule has 2 atom stereocenters. The average Bonchev–Trinajstić information content (AvgIpc) is 3.33. The molecule has 0 radical (unpaired) electrons. The highest BCUT2D eigenvalue weighted by Crippen LogP contribution is 2.47. The Balaban J connectivity index is 1.42. The molecule has 3 aliphatic rings. The Bertz CT molecular complexity index is 818. The molecular weight excluding hydrogens is 394 g/mol. The zero-order valence-corrected chi connectivity index (χ0v) is 16.9. The molecule has 0 aliphatic carbocycles. The lowest BCUT2D eigenvalue weighted by Crippen LogP contribution is -2.56. The van der Waals surface area contributed by atoms with Crippen LogP contribution in [0.1, 0.15) is 19.8 Å². The van der Waals surface area contributed by atoms with Crippen molar-refractivity contribution in [2.75, 3.05) is 31.9 Å². The first-order chi connectivity index (χ1) is 12.3. The molecule has 10 heteroatoms. The van der Waals surface area contributed by atoms with E-state index in [1.165, 1.54) is 15.6 Å².